The molecule has 1 saturated heterocycles. The molecule has 2 rings (SSSR count). The van der Waals surface area contributed by atoms with Gasteiger partial charge in [0.05, 0.1) is 0 Å². The Balaban J connectivity index is 1.89. The molecule has 1 fully saturated rings. The molecular formula is C16H24N2O3. The van der Waals surface area contributed by atoms with E-state index in [4.69, 9.17) is 4.74 Å². The lowest BCUT2D eigenvalue weighted by molar-refractivity contribution is -0.0564. The van der Waals surface area contributed by atoms with Gasteiger partial charge in [0.15, 0.2) is 0 Å². The number of rotatable bonds is 2. The van der Waals surface area contributed by atoms with Gasteiger partial charge in [0, 0.05) is 18.4 Å². The van der Waals surface area contributed by atoms with Crippen molar-refractivity contribution in [3.05, 3.63) is 30.1 Å². The standard InChI is InChI=1S/C16H24N2O3/c1-16(2,3)21-15(20)18-9-7-12(11-14(18)19)10-13-6-4-5-8-17-13/h4-6,8,12,14,19H,7,9-11H2,1-3H3. The fourth-order valence-electron chi connectivity index (χ4n) is 2.55. The molecule has 2 heterocycles. The van der Waals surface area contributed by atoms with Crippen LogP contribution in [-0.4, -0.2) is 39.5 Å². The Morgan fingerprint density at radius 3 is 2.81 bits per heavy atom. The van der Waals surface area contributed by atoms with Gasteiger partial charge >= 0.3 is 6.09 Å². The van der Waals surface area contributed by atoms with Crippen molar-refractivity contribution in [2.75, 3.05) is 6.54 Å². The number of carbonyl (C=O) groups is 1. The minimum absolute atomic E-state index is 0.341. The molecule has 1 aromatic rings. The predicted octanol–water partition coefficient (Wildman–Crippen LogP) is 2.59. The number of carbonyl (C=O) groups excluding carboxylic acids is 1. The molecule has 116 valence electrons. The van der Waals surface area contributed by atoms with E-state index in [9.17, 15) is 9.90 Å². The van der Waals surface area contributed by atoms with Crippen molar-refractivity contribution in [1.82, 2.24) is 9.88 Å². The highest BCUT2D eigenvalue weighted by atomic mass is 16.6. The van der Waals surface area contributed by atoms with Gasteiger partial charge in [-0.25, -0.2) is 4.79 Å². The quantitative estimate of drug-likeness (QED) is 0.910. The summed E-state index contributed by atoms with van der Waals surface area (Å²) in [6.45, 7) is 5.99. The minimum Gasteiger partial charge on any atom is -0.444 e. The zero-order chi connectivity index (χ0) is 15.5. The van der Waals surface area contributed by atoms with E-state index in [0.717, 1.165) is 18.5 Å². The van der Waals surface area contributed by atoms with Gasteiger partial charge in [-0.15, -0.1) is 0 Å². The summed E-state index contributed by atoms with van der Waals surface area (Å²) in [4.78, 5) is 17.8. The van der Waals surface area contributed by atoms with Crippen molar-refractivity contribution < 1.29 is 14.6 Å². The Hall–Kier alpha value is -1.62. The van der Waals surface area contributed by atoms with Gasteiger partial charge in [-0.1, -0.05) is 6.07 Å². The molecule has 0 radical (unpaired) electrons. The number of amides is 1. The van der Waals surface area contributed by atoms with Gasteiger partial charge < -0.3 is 9.84 Å². The summed E-state index contributed by atoms with van der Waals surface area (Å²) in [6.07, 6.45) is 2.82. The maximum atomic E-state index is 12.0. The zero-order valence-corrected chi connectivity index (χ0v) is 13.0. The van der Waals surface area contributed by atoms with Crippen molar-refractivity contribution in [3.63, 3.8) is 0 Å². The molecule has 0 aliphatic carbocycles. The van der Waals surface area contributed by atoms with Crippen LogP contribution in [0.4, 0.5) is 4.79 Å². The fourth-order valence-corrected chi connectivity index (χ4v) is 2.55. The molecule has 2 atom stereocenters. The molecule has 0 bridgehead atoms. The Labute approximate surface area is 125 Å². The molecule has 0 spiro atoms. The number of piperidine rings is 1. The van der Waals surface area contributed by atoms with Gasteiger partial charge in [-0.05, 0) is 58.1 Å². The highest BCUT2D eigenvalue weighted by Crippen LogP contribution is 2.25. The van der Waals surface area contributed by atoms with Crippen LogP contribution >= 0.6 is 0 Å². The van der Waals surface area contributed by atoms with Gasteiger partial charge in [0.25, 0.3) is 0 Å². The first-order valence-corrected chi connectivity index (χ1v) is 7.43. The summed E-state index contributed by atoms with van der Waals surface area (Å²) in [6, 6.07) is 5.85. The number of aliphatic hydroxyl groups excluding tert-OH is 1. The van der Waals surface area contributed by atoms with E-state index in [1.54, 1.807) is 6.20 Å². The topological polar surface area (TPSA) is 62.7 Å². The van der Waals surface area contributed by atoms with E-state index in [1.807, 2.05) is 39.0 Å². The maximum Gasteiger partial charge on any atom is 0.412 e. The van der Waals surface area contributed by atoms with E-state index < -0.39 is 17.9 Å². The van der Waals surface area contributed by atoms with Crippen molar-refractivity contribution in [1.29, 1.82) is 0 Å². The van der Waals surface area contributed by atoms with E-state index >= 15 is 0 Å². The average molecular weight is 292 g/mol. The first kappa shape index (κ1) is 15.8. The Kier molecular flexibility index (Phi) is 4.83. The lowest BCUT2D eigenvalue weighted by atomic mass is 9.91. The van der Waals surface area contributed by atoms with Crippen LogP contribution in [0.5, 0.6) is 0 Å². The molecular weight excluding hydrogens is 268 g/mol. The van der Waals surface area contributed by atoms with Crippen LogP contribution in [0.1, 0.15) is 39.3 Å². The number of likely N-dealkylation sites (tertiary alicyclic amines) is 1. The van der Waals surface area contributed by atoms with Crippen molar-refractivity contribution in [2.45, 2.75) is 51.9 Å². The van der Waals surface area contributed by atoms with Crippen LogP contribution in [0.3, 0.4) is 0 Å². The number of nitrogens with zero attached hydrogens (tertiary/aromatic N) is 2. The smallest absolute Gasteiger partial charge is 0.412 e. The second-order valence-corrected chi connectivity index (χ2v) is 6.57. The van der Waals surface area contributed by atoms with E-state index in [1.165, 1.54) is 4.90 Å². The van der Waals surface area contributed by atoms with Crippen molar-refractivity contribution >= 4 is 6.09 Å². The summed E-state index contributed by atoms with van der Waals surface area (Å²) >= 11 is 0. The normalized spacial score (nSPS) is 23.0. The molecule has 1 amide bonds. The van der Waals surface area contributed by atoms with Crippen molar-refractivity contribution in [3.8, 4) is 0 Å². The van der Waals surface area contributed by atoms with Crippen LogP contribution in [0.25, 0.3) is 0 Å². The van der Waals surface area contributed by atoms with Crippen LogP contribution in [-0.2, 0) is 11.2 Å². The summed E-state index contributed by atoms with van der Waals surface area (Å²) in [5.74, 6) is 0.341. The molecule has 21 heavy (non-hydrogen) atoms. The monoisotopic (exact) mass is 292 g/mol. The molecule has 5 nitrogen and oxygen atoms in total. The highest BCUT2D eigenvalue weighted by molar-refractivity contribution is 5.68. The summed E-state index contributed by atoms with van der Waals surface area (Å²) in [5, 5.41) is 10.2. The fraction of sp³-hybridized carbons (Fsp3) is 0.625. The zero-order valence-electron chi connectivity index (χ0n) is 13.0. The number of ether oxygens (including phenoxy) is 1. The molecule has 0 aromatic carbocycles. The third-order valence-corrected chi connectivity index (χ3v) is 3.53. The third kappa shape index (κ3) is 4.70. The molecule has 1 N–H and O–H groups in total. The van der Waals surface area contributed by atoms with Gasteiger partial charge in [-0.2, -0.15) is 0 Å². The molecule has 2 unspecified atom stereocenters. The van der Waals surface area contributed by atoms with Crippen molar-refractivity contribution in [2.24, 2.45) is 5.92 Å². The largest absolute Gasteiger partial charge is 0.444 e. The van der Waals surface area contributed by atoms with Gasteiger partial charge in [0.1, 0.15) is 11.8 Å². The predicted molar refractivity (Wildman–Crippen MR) is 79.6 cm³/mol. The molecule has 5 heteroatoms. The lowest BCUT2D eigenvalue weighted by Crippen LogP contribution is -2.48. The van der Waals surface area contributed by atoms with E-state index in [2.05, 4.69) is 4.98 Å². The second kappa shape index (κ2) is 6.43. The SMILES string of the molecule is CC(C)(C)OC(=O)N1CCC(Cc2ccccn2)CC1O. The van der Waals surface area contributed by atoms with Gasteiger partial charge in [0.2, 0.25) is 0 Å². The summed E-state index contributed by atoms with van der Waals surface area (Å²) in [5.41, 5.74) is 0.488. The number of hydrogen-bond donors (Lipinski definition) is 1. The first-order valence-electron chi connectivity index (χ1n) is 7.43. The summed E-state index contributed by atoms with van der Waals surface area (Å²) in [7, 11) is 0. The Morgan fingerprint density at radius 1 is 1.48 bits per heavy atom. The molecule has 0 saturated carbocycles. The maximum absolute atomic E-state index is 12.0. The minimum atomic E-state index is -0.776. The van der Waals surface area contributed by atoms with E-state index in [0.29, 0.717) is 18.9 Å². The van der Waals surface area contributed by atoms with Crippen LogP contribution in [0, 0.1) is 5.92 Å². The van der Waals surface area contributed by atoms with Gasteiger partial charge in [-0.3, -0.25) is 9.88 Å². The van der Waals surface area contributed by atoms with Crippen LogP contribution in [0.2, 0.25) is 0 Å². The summed E-state index contributed by atoms with van der Waals surface area (Å²) < 4.78 is 5.32. The highest BCUT2D eigenvalue weighted by Gasteiger charge is 2.33. The molecule has 1 aliphatic heterocycles. The Bertz CT molecular complexity index is 470. The number of hydrogen-bond acceptors (Lipinski definition) is 4. The number of aromatic nitrogens is 1. The first-order chi connectivity index (χ1) is 9.85. The average Bonchev–Trinajstić information content (AvgIpc) is 2.37. The lowest BCUT2D eigenvalue weighted by Gasteiger charge is -2.37. The third-order valence-electron chi connectivity index (χ3n) is 3.53. The number of aliphatic hydroxyl groups is 1. The van der Waals surface area contributed by atoms with Crippen LogP contribution in [0.15, 0.2) is 24.4 Å². The number of pyridine rings is 1. The van der Waals surface area contributed by atoms with Crippen LogP contribution < -0.4 is 0 Å². The Morgan fingerprint density at radius 2 is 2.24 bits per heavy atom. The van der Waals surface area contributed by atoms with E-state index in [-0.39, 0.29) is 0 Å². The molecule has 1 aliphatic rings. The second-order valence-electron chi connectivity index (χ2n) is 6.57. The molecule has 1 aromatic heterocycles.